The topological polar surface area (TPSA) is 503 Å². The molecule has 31 nitrogen and oxygen atoms in total. The van der Waals surface area contributed by atoms with E-state index in [-0.39, 0.29) is 104 Å². The maximum atomic E-state index is 13.7. The third-order valence-corrected chi connectivity index (χ3v) is 22.5. The summed E-state index contributed by atoms with van der Waals surface area (Å²) in [6.07, 6.45) is 8.21. The molecular weight excluding hydrogens is 1380 g/mol. The predicted molar refractivity (Wildman–Crippen MR) is 338 cm³/mol. The van der Waals surface area contributed by atoms with Crippen LogP contribution in [0.2, 0.25) is 0 Å². The molecule has 7 aromatic rings. The number of nitrogens with one attached hydrogen (secondary N) is 2. The Labute approximate surface area is 536 Å². The van der Waals surface area contributed by atoms with Gasteiger partial charge in [0, 0.05) is 64.2 Å². The first-order valence-corrected chi connectivity index (χ1v) is 38.2. The maximum absolute atomic E-state index is 13.7. The van der Waals surface area contributed by atoms with Crippen LogP contribution in [0.25, 0.3) is 27.1 Å². The van der Waals surface area contributed by atoms with Crippen molar-refractivity contribution in [1.82, 2.24) is 25.5 Å². The molecule has 0 saturated carbocycles. The highest BCUT2D eigenvalue weighted by atomic mass is 32.3. The number of aromatic nitrogens is 4. The number of hydrogen-bond acceptors (Lipinski definition) is 23. The van der Waals surface area contributed by atoms with Gasteiger partial charge in [-0.25, -0.2) is 13.6 Å². The molecular formula is C54H55N9O22S8. The van der Waals surface area contributed by atoms with Crippen molar-refractivity contribution in [2.75, 3.05) is 39.7 Å². The summed E-state index contributed by atoms with van der Waals surface area (Å²) in [7, 11) is -34.0. The van der Waals surface area contributed by atoms with Crippen molar-refractivity contribution in [3.8, 4) is 0 Å². The van der Waals surface area contributed by atoms with E-state index >= 15 is 0 Å². The molecule has 3 aromatic heterocycles. The number of benzene rings is 4. The molecule has 1 unspecified atom stereocenters. The molecule has 5 heterocycles. The molecule has 0 spiro atoms. The molecule has 496 valence electrons. The van der Waals surface area contributed by atoms with Crippen LogP contribution in [0.3, 0.4) is 0 Å². The van der Waals surface area contributed by atoms with Gasteiger partial charge in [0.15, 0.2) is 0 Å². The van der Waals surface area contributed by atoms with E-state index in [2.05, 4.69) is 30.8 Å². The second kappa shape index (κ2) is 24.9. The summed E-state index contributed by atoms with van der Waals surface area (Å²) < 4.78 is 234. The van der Waals surface area contributed by atoms with Gasteiger partial charge in [-0.05, 0) is 107 Å². The predicted octanol–water partition coefficient (Wildman–Crippen LogP) is 4.79. The number of rotatable bonds is 22. The largest absolute Gasteiger partial charge is 0.364 e. The molecule has 93 heavy (non-hydrogen) atoms. The molecule has 2 amide bonds. The molecule has 0 saturated heterocycles. The van der Waals surface area contributed by atoms with Gasteiger partial charge in [-0.1, -0.05) is 69.4 Å². The van der Waals surface area contributed by atoms with Gasteiger partial charge in [0.25, 0.3) is 82.5 Å². The van der Waals surface area contributed by atoms with Crippen molar-refractivity contribution in [3.05, 3.63) is 149 Å². The highest BCUT2D eigenvalue weighted by molar-refractivity contribution is 7.91. The Morgan fingerprint density at radius 3 is 1.67 bits per heavy atom. The van der Waals surface area contributed by atoms with E-state index in [0.29, 0.717) is 34.9 Å². The first-order chi connectivity index (χ1) is 42.8. The lowest BCUT2D eigenvalue weighted by Gasteiger charge is -2.32. The van der Waals surface area contributed by atoms with E-state index in [9.17, 15) is 95.8 Å². The first-order valence-electron chi connectivity index (χ1n) is 26.9. The van der Waals surface area contributed by atoms with Gasteiger partial charge in [-0.2, -0.15) is 50.5 Å². The van der Waals surface area contributed by atoms with Gasteiger partial charge in [0.05, 0.1) is 56.4 Å². The number of fused-ring (bicyclic) bond motifs is 6. The van der Waals surface area contributed by atoms with Gasteiger partial charge in [0.2, 0.25) is 9.47 Å². The molecule has 0 radical (unpaired) electrons. The van der Waals surface area contributed by atoms with E-state index in [0.717, 1.165) is 12.1 Å². The molecule has 0 bridgehead atoms. The van der Waals surface area contributed by atoms with Crippen LogP contribution < -0.4 is 25.6 Å². The standard InChI is InChI=1S/C54H55N9O22S8/c1-53(2)45(62(19-5-21-87(66,67)68)41-15-12-36-38(47(41)53)23-34(90(74,75)76)25-43(36)92(80,81)82)17-9-30(40-14-8-31(28-57-40)49(64)58-29-33-11-7-32(27-56-33)50(65)59-51-60-61-52(86-51)89(55,72)73)10-18-46-54(3,4)48-39-24-35(91(77,78)79)26-44(93(83,84)85)37(39)13-16-42(48)63(46)20-6-22-88(69,70)71/h7-18,23-28,45H,5-6,19-22,29H2,1-4H3,(H,58,64)(H2,55,72,73)(H,59,60,65)(H,66,67,68)(H,69,70,71)(H,74,75,76)(H,77,78,79)(H,80,81,82)(H,83,84,85)/b17-9+,30-10?,46-18?. The molecule has 10 N–H and O–H groups in total. The summed E-state index contributed by atoms with van der Waals surface area (Å²) in [4.78, 5) is 35.1. The van der Waals surface area contributed by atoms with Crippen LogP contribution in [0.4, 0.5) is 16.5 Å². The summed E-state index contributed by atoms with van der Waals surface area (Å²) in [5.74, 6) is -2.87. The van der Waals surface area contributed by atoms with E-state index < -0.39 is 135 Å². The lowest BCUT2D eigenvalue weighted by Crippen LogP contribution is -2.41. The number of hydrogen-bond donors (Lipinski definition) is 9. The Hall–Kier alpha value is -7.61. The Morgan fingerprint density at radius 1 is 0.624 bits per heavy atom. The van der Waals surface area contributed by atoms with Crippen molar-refractivity contribution in [1.29, 1.82) is 0 Å². The molecule has 0 aliphatic carbocycles. The van der Waals surface area contributed by atoms with E-state index in [1.54, 1.807) is 55.7 Å². The minimum absolute atomic E-state index is 0.00272. The number of pyridine rings is 2. The molecule has 1 atom stereocenters. The molecule has 4 aromatic carbocycles. The highest BCUT2D eigenvalue weighted by Crippen LogP contribution is 2.53. The Bertz CT molecular complexity index is 5220. The minimum atomic E-state index is -5.19. The molecule has 2 aliphatic heterocycles. The fraction of sp³-hybridized carbons (Fsp3) is 0.259. The van der Waals surface area contributed by atoms with Gasteiger partial charge >= 0.3 is 0 Å². The summed E-state index contributed by atoms with van der Waals surface area (Å²) in [6, 6.07) is 13.3. The number of sulfonamides is 1. The number of primary sulfonamides is 1. The average Bonchev–Trinajstić information content (AvgIpc) is 1.61. The van der Waals surface area contributed by atoms with Crippen LogP contribution >= 0.6 is 11.3 Å². The fourth-order valence-corrected chi connectivity index (χ4v) is 16.3. The van der Waals surface area contributed by atoms with Gasteiger partial charge < -0.3 is 15.1 Å². The van der Waals surface area contributed by atoms with Gasteiger partial charge in [0.1, 0.15) is 9.79 Å². The maximum Gasteiger partial charge on any atom is 0.295 e. The summed E-state index contributed by atoms with van der Waals surface area (Å²) >= 11 is 0.520. The van der Waals surface area contributed by atoms with Crippen molar-refractivity contribution in [2.24, 2.45) is 5.14 Å². The van der Waals surface area contributed by atoms with Crippen molar-refractivity contribution in [2.45, 2.75) is 87.9 Å². The van der Waals surface area contributed by atoms with Crippen LogP contribution in [-0.4, -0.2) is 149 Å². The zero-order valence-electron chi connectivity index (χ0n) is 48.7. The lowest BCUT2D eigenvalue weighted by atomic mass is 9.78. The summed E-state index contributed by atoms with van der Waals surface area (Å²) in [5.41, 5.74) is -0.641. The molecule has 2 aliphatic rings. The average molecular weight is 1440 g/mol. The van der Waals surface area contributed by atoms with Crippen LogP contribution in [0.1, 0.15) is 83.8 Å². The SMILES string of the molecule is CC1(C)C(=CC=C(/C=C/C2N(CCCS(=O)(=O)O)c3ccc4c(S(=O)(=O)O)cc(S(=O)(=O)O)cc4c3C2(C)C)c2ccc(C(=O)NCc3ccc(C(=O)Nc4nnc(S(N)(=O)=O)s4)cn3)cn2)N(CCCS(=O)(=O)O)c2ccc3c(S(=O)(=O)O)cc(S(=O)(=O)O)cc3c21. The normalized spacial score (nSPS) is 16.7. The lowest BCUT2D eigenvalue weighted by molar-refractivity contribution is 0.0948. The highest BCUT2D eigenvalue weighted by Gasteiger charge is 2.46. The number of carbonyl (C=O) groups is 2. The van der Waals surface area contributed by atoms with Crippen LogP contribution in [0.5, 0.6) is 0 Å². The van der Waals surface area contributed by atoms with E-state index in [1.807, 2.05) is 0 Å². The number of anilines is 3. The van der Waals surface area contributed by atoms with E-state index in [1.165, 1.54) is 67.0 Å². The van der Waals surface area contributed by atoms with E-state index in [4.69, 9.17) is 5.14 Å². The molecule has 39 heteroatoms. The Morgan fingerprint density at radius 2 is 1.16 bits per heavy atom. The minimum Gasteiger partial charge on any atom is -0.364 e. The second-order valence-corrected chi connectivity index (χ2v) is 33.8. The van der Waals surface area contributed by atoms with Crippen molar-refractivity contribution >= 4 is 138 Å². The van der Waals surface area contributed by atoms with Gasteiger partial charge in [-0.3, -0.25) is 52.2 Å². The summed E-state index contributed by atoms with van der Waals surface area (Å²) in [5, 5.41) is 16.5. The zero-order chi connectivity index (χ0) is 68.6. The smallest absolute Gasteiger partial charge is 0.295 e. The Kier molecular flexibility index (Phi) is 18.7. The van der Waals surface area contributed by atoms with Gasteiger partial charge in [-0.15, -0.1) is 10.2 Å². The number of nitrogens with zero attached hydrogens (tertiary/aromatic N) is 6. The van der Waals surface area contributed by atoms with Crippen molar-refractivity contribution in [3.63, 3.8) is 0 Å². The summed E-state index contributed by atoms with van der Waals surface area (Å²) in [6.45, 7) is 6.16. The third kappa shape index (κ3) is 15.2. The monoisotopic (exact) mass is 1440 g/mol. The van der Waals surface area contributed by atoms with Crippen molar-refractivity contribution < 1.29 is 95.8 Å². The molecule has 0 fully saturated rings. The second-order valence-electron chi connectivity index (χ2n) is 22.3. The van der Waals surface area contributed by atoms with Crippen LogP contribution in [-0.2, 0) is 88.1 Å². The van der Waals surface area contributed by atoms with Crippen LogP contribution in [0.15, 0.2) is 139 Å². The zero-order valence-corrected chi connectivity index (χ0v) is 55.2. The number of nitrogens with two attached hydrogens (primary N) is 1. The number of carbonyl (C=O) groups excluding carboxylic acids is 2. The molecule has 9 rings (SSSR count). The first kappa shape index (κ1) is 69.7. The third-order valence-electron chi connectivity index (χ3n) is 15.3. The fourth-order valence-electron chi connectivity index (χ4n) is 11.3. The number of allylic oxidation sites excluding steroid dienone is 5. The Balaban J connectivity index is 1.16. The number of amides is 2. The quantitative estimate of drug-likeness (QED) is 0.0250. The van der Waals surface area contributed by atoms with Crippen LogP contribution in [0, 0.1) is 0 Å².